The molecule has 28 heavy (non-hydrogen) atoms. The summed E-state index contributed by atoms with van der Waals surface area (Å²) in [5, 5.41) is 5.42. The van der Waals surface area contributed by atoms with Gasteiger partial charge in [-0.2, -0.15) is 0 Å². The maximum atomic E-state index is 12.7. The van der Waals surface area contributed by atoms with E-state index in [1.54, 1.807) is 45.0 Å². The molecule has 1 fully saturated rings. The molecule has 1 aromatic carbocycles. The number of hydrogen-bond donors (Lipinski definition) is 2. The third-order valence-electron chi connectivity index (χ3n) is 4.39. The summed E-state index contributed by atoms with van der Waals surface area (Å²) < 4.78 is 5.25. The second-order valence-corrected chi connectivity index (χ2v) is 8.44. The quantitative estimate of drug-likeness (QED) is 0.808. The minimum Gasteiger partial charge on any atom is -0.444 e. The Morgan fingerprint density at radius 3 is 2.32 bits per heavy atom. The van der Waals surface area contributed by atoms with Crippen LogP contribution in [0.5, 0.6) is 0 Å². The monoisotopic (exact) mass is 389 g/mol. The molecule has 0 aromatic heterocycles. The Hall–Kier alpha value is -2.57. The molecule has 1 saturated heterocycles. The number of hydrogen-bond acceptors (Lipinski definition) is 4. The van der Waals surface area contributed by atoms with Crippen molar-refractivity contribution in [3.63, 3.8) is 0 Å². The van der Waals surface area contributed by atoms with E-state index in [0.717, 1.165) is 25.9 Å². The summed E-state index contributed by atoms with van der Waals surface area (Å²) in [5.41, 5.74) is 0.416. The Bertz CT molecular complexity index is 719. The number of ether oxygens (including phenoxy) is 1. The minimum atomic E-state index is -0.757. The van der Waals surface area contributed by atoms with E-state index in [1.165, 1.54) is 0 Å². The van der Waals surface area contributed by atoms with Crippen LogP contribution in [0.1, 0.15) is 57.8 Å². The largest absolute Gasteiger partial charge is 0.444 e. The summed E-state index contributed by atoms with van der Waals surface area (Å²) >= 11 is 0. The molecule has 0 spiro atoms. The molecule has 1 atom stereocenters. The number of rotatable bonds is 5. The van der Waals surface area contributed by atoms with Gasteiger partial charge < -0.3 is 20.3 Å². The maximum Gasteiger partial charge on any atom is 0.408 e. The fourth-order valence-corrected chi connectivity index (χ4v) is 3.02. The van der Waals surface area contributed by atoms with Gasteiger partial charge in [-0.15, -0.1) is 0 Å². The lowest BCUT2D eigenvalue weighted by Gasteiger charge is -2.25. The molecule has 0 bridgehead atoms. The fraction of sp³-hybridized carbons (Fsp3) is 0.571. The highest BCUT2D eigenvalue weighted by molar-refractivity contribution is 5.99. The SMILES string of the molecule is CC(C)C(NC(=O)OC(C)(C)C)C(=O)Nc1cccc(C(=O)N2CCCC2)c1. The Morgan fingerprint density at radius 1 is 1.11 bits per heavy atom. The van der Waals surface area contributed by atoms with Crippen LogP contribution < -0.4 is 10.6 Å². The van der Waals surface area contributed by atoms with Gasteiger partial charge in [0.1, 0.15) is 11.6 Å². The van der Waals surface area contributed by atoms with Gasteiger partial charge in [0, 0.05) is 24.3 Å². The number of amides is 3. The standard InChI is InChI=1S/C21H31N3O4/c1-14(2)17(23-20(27)28-21(3,4)5)18(25)22-16-10-8-9-15(13-16)19(26)24-11-6-7-12-24/h8-10,13-14,17H,6-7,11-12H2,1-5H3,(H,22,25)(H,23,27). The van der Waals surface area contributed by atoms with Gasteiger partial charge >= 0.3 is 6.09 Å². The third kappa shape index (κ3) is 6.25. The topological polar surface area (TPSA) is 87.7 Å². The molecule has 2 N–H and O–H groups in total. The molecular weight excluding hydrogens is 358 g/mol. The van der Waals surface area contributed by atoms with Crippen molar-refractivity contribution in [1.29, 1.82) is 0 Å². The zero-order valence-electron chi connectivity index (χ0n) is 17.4. The summed E-state index contributed by atoms with van der Waals surface area (Å²) in [4.78, 5) is 39.1. The van der Waals surface area contributed by atoms with Crippen LogP contribution in [-0.2, 0) is 9.53 Å². The molecule has 0 radical (unpaired) electrons. The van der Waals surface area contributed by atoms with Gasteiger partial charge in [0.2, 0.25) is 5.91 Å². The van der Waals surface area contributed by atoms with E-state index in [0.29, 0.717) is 11.3 Å². The van der Waals surface area contributed by atoms with Gasteiger partial charge in [-0.05, 0) is 57.7 Å². The van der Waals surface area contributed by atoms with Gasteiger partial charge in [0.15, 0.2) is 0 Å². The molecular formula is C21H31N3O4. The lowest BCUT2D eigenvalue weighted by Crippen LogP contribution is -2.48. The van der Waals surface area contributed by atoms with E-state index in [4.69, 9.17) is 4.74 Å². The van der Waals surface area contributed by atoms with Crippen molar-refractivity contribution in [2.75, 3.05) is 18.4 Å². The first kappa shape index (κ1) is 21.7. The van der Waals surface area contributed by atoms with Crippen molar-refractivity contribution in [2.24, 2.45) is 5.92 Å². The van der Waals surface area contributed by atoms with E-state index in [2.05, 4.69) is 10.6 Å². The van der Waals surface area contributed by atoms with Crippen LogP contribution in [-0.4, -0.2) is 47.5 Å². The molecule has 1 aliphatic rings. The number of benzene rings is 1. The first-order chi connectivity index (χ1) is 13.1. The van der Waals surface area contributed by atoms with Crippen molar-refractivity contribution in [1.82, 2.24) is 10.2 Å². The number of carbonyl (C=O) groups excluding carboxylic acids is 3. The Balaban J connectivity index is 2.05. The molecule has 2 rings (SSSR count). The number of anilines is 1. The van der Waals surface area contributed by atoms with Crippen LogP contribution in [0.4, 0.5) is 10.5 Å². The van der Waals surface area contributed by atoms with Gasteiger partial charge in [-0.3, -0.25) is 9.59 Å². The summed E-state index contributed by atoms with van der Waals surface area (Å²) in [7, 11) is 0. The molecule has 7 nitrogen and oxygen atoms in total. The molecule has 7 heteroatoms. The molecule has 1 heterocycles. The van der Waals surface area contributed by atoms with Crippen molar-refractivity contribution in [2.45, 2.75) is 59.1 Å². The van der Waals surface area contributed by atoms with Crippen molar-refractivity contribution < 1.29 is 19.1 Å². The van der Waals surface area contributed by atoms with Gasteiger partial charge in [-0.25, -0.2) is 4.79 Å². The summed E-state index contributed by atoms with van der Waals surface area (Å²) in [6.45, 7) is 10.5. The van der Waals surface area contributed by atoms with Crippen LogP contribution in [0.2, 0.25) is 0 Å². The fourth-order valence-electron chi connectivity index (χ4n) is 3.02. The Kier molecular flexibility index (Phi) is 7.05. The highest BCUT2D eigenvalue weighted by atomic mass is 16.6. The number of alkyl carbamates (subject to hydrolysis) is 1. The summed E-state index contributed by atoms with van der Waals surface area (Å²) in [6, 6.07) is 6.12. The molecule has 154 valence electrons. The highest BCUT2D eigenvalue weighted by Gasteiger charge is 2.27. The highest BCUT2D eigenvalue weighted by Crippen LogP contribution is 2.17. The normalized spacial score (nSPS) is 15.3. The van der Waals surface area contributed by atoms with Crippen LogP contribution in [0.15, 0.2) is 24.3 Å². The van der Waals surface area contributed by atoms with Crippen LogP contribution in [0.25, 0.3) is 0 Å². The van der Waals surface area contributed by atoms with Crippen molar-refractivity contribution >= 4 is 23.6 Å². The second kappa shape index (κ2) is 9.08. The predicted octanol–water partition coefficient (Wildman–Crippen LogP) is 3.41. The first-order valence-corrected chi connectivity index (χ1v) is 9.76. The smallest absolute Gasteiger partial charge is 0.408 e. The zero-order valence-corrected chi connectivity index (χ0v) is 17.4. The molecule has 1 aromatic rings. The average molecular weight is 389 g/mol. The number of nitrogens with one attached hydrogen (secondary N) is 2. The van der Waals surface area contributed by atoms with Crippen LogP contribution in [0, 0.1) is 5.92 Å². The van der Waals surface area contributed by atoms with E-state index >= 15 is 0 Å². The second-order valence-electron chi connectivity index (χ2n) is 8.44. The summed E-state index contributed by atoms with van der Waals surface area (Å²) in [5.74, 6) is -0.519. The molecule has 1 unspecified atom stereocenters. The molecule has 3 amide bonds. The van der Waals surface area contributed by atoms with Gasteiger partial charge in [0.25, 0.3) is 5.91 Å². The summed E-state index contributed by atoms with van der Waals surface area (Å²) in [6.07, 6.45) is 1.41. The first-order valence-electron chi connectivity index (χ1n) is 9.76. The number of nitrogens with zero attached hydrogens (tertiary/aromatic N) is 1. The molecule has 1 aliphatic heterocycles. The minimum absolute atomic E-state index is 0.0270. The van der Waals surface area contributed by atoms with E-state index in [9.17, 15) is 14.4 Å². The third-order valence-corrected chi connectivity index (χ3v) is 4.39. The van der Waals surface area contributed by atoms with E-state index < -0.39 is 17.7 Å². The van der Waals surface area contributed by atoms with Gasteiger partial charge in [0.05, 0.1) is 0 Å². The van der Waals surface area contributed by atoms with Crippen LogP contribution >= 0.6 is 0 Å². The van der Waals surface area contributed by atoms with E-state index in [1.807, 2.05) is 18.7 Å². The number of likely N-dealkylation sites (tertiary alicyclic amines) is 1. The lowest BCUT2D eigenvalue weighted by atomic mass is 10.0. The maximum absolute atomic E-state index is 12.7. The molecule has 0 aliphatic carbocycles. The zero-order chi connectivity index (χ0) is 20.9. The Morgan fingerprint density at radius 2 is 1.75 bits per heavy atom. The predicted molar refractivity (Wildman–Crippen MR) is 108 cm³/mol. The van der Waals surface area contributed by atoms with E-state index in [-0.39, 0.29) is 17.7 Å². The Labute approximate surface area is 166 Å². The number of carbonyl (C=O) groups is 3. The lowest BCUT2D eigenvalue weighted by molar-refractivity contribution is -0.119. The average Bonchev–Trinajstić information content (AvgIpc) is 3.12. The van der Waals surface area contributed by atoms with Gasteiger partial charge in [-0.1, -0.05) is 19.9 Å². The van der Waals surface area contributed by atoms with Crippen molar-refractivity contribution in [3.8, 4) is 0 Å². The van der Waals surface area contributed by atoms with Crippen molar-refractivity contribution in [3.05, 3.63) is 29.8 Å². The van der Waals surface area contributed by atoms with Crippen LogP contribution in [0.3, 0.4) is 0 Å². The molecule has 0 saturated carbocycles.